The first-order valence-corrected chi connectivity index (χ1v) is 9.58. The van der Waals surface area contributed by atoms with Crippen molar-refractivity contribution in [3.05, 3.63) is 48.3 Å². The number of benzene rings is 1. The lowest BCUT2D eigenvalue weighted by Crippen LogP contribution is -2.39. The van der Waals surface area contributed by atoms with E-state index in [0.29, 0.717) is 0 Å². The summed E-state index contributed by atoms with van der Waals surface area (Å²) in [7, 11) is 1.79. The van der Waals surface area contributed by atoms with Gasteiger partial charge in [-0.2, -0.15) is 5.10 Å². The molecule has 0 spiro atoms. The summed E-state index contributed by atoms with van der Waals surface area (Å²) in [5.41, 5.74) is 2.26. The fourth-order valence-electron chi connectivity index (χ4n) is 2.93. The molecule has 0 amide bonds. The zero-order chi connectivity index (χ0) is 18.7. The predicted octanol–water partition coefficient (Wildman–Crippen LogP) is 2.39. The Bertz CT molecular complexity index is 702. The molecule has 8 heteroatoms. The molecular formula is C20H30IN5O2. The zero-order valence-corrected chi connectivity index (χ0v) is 18.7. The molecule has 0 saturated carbocycles. The first kappa shape index (κ1) is 22.6. The molecule has 1 aromatic carbocycles. The Morgan fingerprint density at radius 2 is 2.11 bits per heavy atom. The lowest BCUT2D eigenvalue weighted by molar-refractivity contribution is 0.0420. The fraction of sp³-hybridized carbons (Fsp3) is 0.500. The van der Waals surface area contributed by atoms with E-state index in [0.717, 1.165) is 63.8 Å². The first-order valence-electron chi connectivity index (χ1n) is 9.58. The van der Waals surface area contributed by atoms with Crippen LogP contribution in [0.5, 0.6) is 0 Å². The molecule has 2 N–H and O–H groups in total. The van der Waals surface area contributed by atoms with Crippen LogP contribution in [0.25, 0.3) is 5.69 Å². The normalized spacial score (nSPS) is 16.6. The monoisotopic (exact) mass is 499 g/mol. The van der Waals surface area contributed by atoms with Crippen LogP contribution in [-0.2, 0) is 15.9 Å². The number of guanidine groups is 1. The second kappa shape index (κ2) is 12.7. The van der Waals surface area contributed by atoms with E-state index in [4.69, 9.17) is 9.47 Å². The second-order valence-electron chi connectivity index (χ2n) is 6.51. The molecule has 1 aliphatic heterocycles. The first-order chi connectivity index (χ1) is 13.3. The highest BCUT2D eigenvalue weighted by atomic mass is 127. The van der Waals surface area contributed by atoms with E-state index in [-0.39, 0.29) is 30.1 Å². The molecule has 1 aliphatic rings. The minimum absolute atomic E-state index is 0. The lowest BCUT2D eigenvalue weighted by atomic mass is 10.2. The Hall–Kier alpha value is -1.65. The molecule has 3 rings (SSSR count). The minimum Gasteiger partial charge on any atom is -0.379 e. The Morgan fingerprint density at radius 1 is 1.29 bits per heavy atom. The van der Waals surface area contributed by atoms with Crippen molar-refractivity contribution in [2.24, 2.45) is 4.99 Å². The molecule has 1 saturated heterocycles. The summed E-state index contributed by atoms with van der Waals surface area (Å²) >= 11 is 0. The van der Waals surface area contributed by atoms with Gasteiger partial charge in [0.2, 0.25) is 0 Å². The van der Waals surface area contributed by atoms with E-state index in [2.05, 4.69) is 26.9 Å². The van der Waals surface area contributed by atoms with Crippen molar-refractivity contribution in [1.29, 1.82) is 0 Å². The van der Waals surface area contributed by atoms with Gasteiger partial charge in [0, 0.05) is 39.5 Å². The van der Waals surface area contributed by atoms with Crippen LogP contribution in [0.1, 0.15) is 18.4 Å². The maximum atomic E-state index is 5.76. The molecule has 2 aromatic rings. The highest BCUT2D eigenvalue weighted by molar-refractivity contribution is 14.0. The van der Waals surface area contributed by atoms with E-state index in [1.807, 2.05) is 41.2 Å². The number of aromatic nitrogens is 2. The number of nitrogens with zero attached hydrogens (tertiary/aromatic N) is 3. The molecule has 0 aliphatic carbocycles. The van der Waals surface area contributed by atoms with Crippen LogP contribution in [0.15, 0.2) is 47.7 Å². The van der Waals surface area contributed by atoms with Gasteiger partial charge in [-0.15, -0.1) is 24.0 Å². The topological polar surface area (TPSA) is 72.7 Å². The molecule has 7 nitrogen and oxygen atoms in total. The van der Waals surface area contributed by atoms with Crippen LogP contribution in [0, 0.1) is 0 Å². The zero-order valence-electron chi connectivity index (χ0n) is 16.3. The number of hydrogen-bond donors (Lipinski definition) is 2. The van der Waals surface area contributed by atoms with Gasteiger partial charge in [-0.25, -0.2) is 4.68 Å². The van der Waals surface area contributed by atoms with Gasteiger partial charge in [0.15, 0.2) is 5.96 Å². The molecular weight excluding hydrogens is 469 g/mol. The molecule has 1 atom stereocenters. The van der Waals surface area contributed by atoms with Crippen LogP contribution in [0.4, 0.5) is 0 Å². The fourth-order valence-corrected chi connectivity index (χ4v) is 2.93. The van der Waals surface area contributed by atoms with Crippen molar-refractivity contribution in [1.82, 2.24) is 20.4 Å². The van der Waals surface area contributed by atoms with Gasteiger partial charge < -0.3 is 20.1 Å². The summed E-state index contributed by atoms with van der Waals surface area (Å²) in [5, 5.41) is 11.1. The van der Waals surface area contributed by atoms with Crippen LogP contribution in [-0.4, -0.2) is 61.8 Å². The number of rotatable bonds is 9. The molecule has 28 heavy (non-hydrogen) atoms. The third-order valence-electron chi connectivity index (χ3n) is 4.44. The maximum absolute atomic E-state index is 5.76. The number of ether oxygens (including phenoxy) is 2. The molecule has 0 bridgehead atoms. The number of halogens is 1. The quantitative estimate of drug-likeness (QED) is 0.240. The van der Waals surface area contributed by atoms with Crippen molar-refractivity contribution < 1.29 is 9.47 Å². The largest absolute Gasteiger partial charge is 0.379 e. The number of para-hydroxylation sites is 1. The third-order valence-corrected chi connectivity index (χ3v) is 4.44. The summed E-state index contributed by atoms with van der Waals surface area (Å²) in [4.78, 5) is 4.26. The van der Waals surface area contributed by atoms with E-state index in [9.17, 15) is 0 Å². The van der Waals surface area contributed by atoms with Crippen molar-refractivity contribution in [3.8, 4) is 5.69 Å². The van der Waals surface area contributed by atoms with Gasteiger partial charge in [-0.1, -0.05) is 18.2 Å². The van der Waals surface area contributed by atoms with E-state index in [1.54, 1.807) is 7.05 Å². The van der Waals surface area contributed by atoms with Crippen molar-refractivity contribution in [2.75, 3.05) is 40.0 Å². The maximum Gasteiger partial charge on any atom is 0.190 e. The van der Waals surface area contributed by atoms with Crippen molar-refractivity contribution >= 4 is 29.9 Å². The van der Waals surface area contributed by atoms with Crippen LogP contribution in [0.2, 0.25) is 0 Å². The number of aliphatic imine (C=N–C) groups is 1. The van der Waals surface area contributed by atoms with Crippen LogP contribution >= 0.6 is 24.0 Å². The Balaban J connectivity index is 0.00000280. The standard InChI is InChI=1S/C20H29N5O2.HI/c1-21-20(22-10-5-12-27-19-9-13-26-16-19)23-11-8-17-14-24-25(15-17)18-6-3-2-4-7-18;/h2-4,6-7,14-15,19H,5,8-13,16H2,1H3,(H2,21,22,23);1H. The smallest absolute Gasteiger partial charge is 0.190 e. The average Bonchev–Trinajstić information content (AvgIpc) is 3.39. The van der Waals surface area contributed by atoms with Gasteiger partial charge in [0.1, 0.15) is 0 Å². The lowest BCUT2D eigenvalue weighted by Gasteiger charge is -2.13. The second-order valence-corrected chi connectivity index (χ2v) is 6.51. The highest BCUT2D eigenvalue weighted by Gasteiger charge is 2.15. The highest BCUT2D eigenvalue weighted by Crippen LogP contribution is 2.08. The summed E-state index contributed by atoms with van der Waals surface area (Å²) < 4.78 is 13.0. The van der Waals surface area contributed by atoms with Gasteiger partial charge in [-0.05, 0) is 37.0 Å². The SMILES string of the molecule is CN=C(NCCCOC1CCOC1)NCCc1cnn(-c2ccccc2)c1.I. The van der Waals surface area contributed by atoms with Gasteiger partial charge in [0.05, 0.1) is 24.6 Å². The van der Waals surface area contributed by atoms with E-state index >= 15 is 0 Å². The third kappa shape index (κ3) is 7.40. The summed E-state index contributed by atoms with van der Waals surface area (Å²) in [6, 6.07) is 10.1. The van der Waals surface area contributed by atoms with Crippen LogP contribution in [0.3, 0.4) is 0 Å². The van der Waals surface area contributed by atoms with E-state index in [1.165, 1.54) is 5.56 Å². The van der Waals surface area contributed by atoms with Crippen LogP contribution < -0.4 is 10.6 Å². The summed E-state index contributed by atoms with van der Waals surface area (Å²) in [6.07, 6.45) is 7.10. The minimum atomic E-state index is 0. The molecule has 1 fully saturated rings. The molecule has 154 valence electrons. The number of nitrogens with one attached hydrogen (secondary N) is 2. The van der Waals surface area contributed by atoms with Gasteiger partial charge >= 0.3 is 0 Å². The average molecular weight is 499 g/mol. The predicted molar refractivity (Wildman–Crippen MR) is 122 cm³/mol. The van der Waals surface area contributed by atoms with Gasteiger partial charge in [-0.3, -0.25) is 4.99 Å². The summed E-state index contributed by atoms with van der Waals surface area (Å²) in [5.74, 6) is 0.814. The van der Waals surface area contributed by atoms with Crippen molar-refractivity contribution in [3.63, 3.8) is 0 Å². The number of hydrogen-bond acceptors (Lipinski definition) is 4. The summed E-state index contributed by atoms with van der Waals surface area (Å²) in [6.45, 7) is 3.94. The van der Waals surface area contributed by atoms with Gasteiger partial charge in [0.25, 0.3) is 0 Å². The Kier molecular flexibility index (Phi) is 10.3. The molecule has 0 radical (unpaired) electrons. The molecule has 1 aromatic heterocycles. The van der Waals surface area contributed by atoms with Crippen molar-refractivity contribution in [2.45, 2.75) is 25.4 Å². The molecule has 1 unspecified atom stereocenters. The Morgan fingerprint density at radius 3 is 2.86 bits per heavy atom. The van der Waals surface area contributed by atoms with E-state index < -0.39 is 0 Å². The Labute approximate surface area is 183 Å². The molecule has 2 heterocycles.